The highest BCUT2D eigenvalue weighted by molar-refractivity contribution is 6.31. The Labute approximate surface area is 279 Å². The lowest BCUT2D eigenvalue weighted by Gasteiger charge is -2.49. The Hall–Kier alpha value is -4.40. The van der Waals surface area contributed by atoms with Gasteiger partial charge < -0.3 is 24.9 Å². The van der Waals surface area contributed by atoms with E-state index in [9.17, 15) is 9.90 Å². The molecule has 3 N–H and O–H groups in total. The number of carbonyl (C=O) groups excluding carboxylic acids is 1. The summed E-state index contributed by atoms with van der Waals surface area (Å²) in [5, 5.41) is 18.8. The van der Waals surface area contributed by atoms with Gasteiger partial charge in [-0.25, -0.2) is 4.98 Å². The number of pyridine rings is 1. The van der Waals surface area contributed by atoms with Crippen molar-refractivity contribution >= 4 is 46.1 Å². The lowest BCUT2D eigenvalue weighted by atomic mass is 9.66. The van der Waals surface area contributed by atoms with Gasteiger partial charge in [0.2, 0.25) is 5.60 Å². The molecule has 0 radical (unpaired) electrons. The summed E-state index contributed by atoms with van der Waals surface area (Å²) >= 11 is 6.69. The number of benzene rings is 3. The van der Waals surface area contributed by atoms with Gasteiger partial charge in [0.1, 0.15) is 23.2 Å². The van der Waals surface area contributed by atoms with Crippen molar-refractivity contribution in [2.24, 2.45) is 5.92 Å². The number of fused-ring (bicyclic) bond motifs is 4. The quantitative estimate of drug-likeness (QED) is 0.179. The van der Waals surface area contributed by atoms with Gasteiger partial charge in [-0.3, -0.25) is 4.79 Å². The van der Waals surface area contributed by atoms with Crippen molar-refractivity contribution in [3.05, 3.63) is 106 Å². The average molecular weight is 651 g/mol. The van der Waals surface area contributed by atoms with Gasteiger partial charge in [-0.2, -0.15) is 4.98 Å². The van der Waals surface area contributed by atoms with E-state index in [4.69, 9.17) is 25.7 Å². The van der Waals surface area contributed by atoms with E-state index in [0.29, 0.717) is 46.3 Å². The minimum atomic E-state index is -1.65. The van der Waals surface area contributed by atoms with Gasteiger partial charge in [0.25, 0.3) is 11.9 Å². The summed E-state index contributed by atoms with van der Waals surface area (Å²) in [6, 6.07) is 21.1. The number of hydrogen-bond acceptors (Lipinski definition) is 7. The Morgan fingerprint density at radius 3 is 2.43 bits per heavy atom. The maximum Gasteiger partial charge on any atom is 0.300 e. The highest BCUT2D eigenvalue weighted by Gasteiger charge is 2.59. The van der Waals surface area contributed by atoms with Gasteiger partial charge in [-0.1, -0.05) is 89.5 Å². The second-order valence-corrected chi connectivity index (χ2v) is 15.2. The van der Waals surface area contributed by atoms with E-state index in [1.807, 2.05) is 30.3 Å². The van der Waals surface area contributed by atoms with Crippen LogP contribution in [0, 0.1) is 5.92 Å². The first kappa shape index (κ1) is 31.2. The van der Waals surface area contributed by atoms with Crippen LogP contribution in [-0.2, 0) is 28.5 Å². The first-order valence-electron chi connectivity index (χ1n) is 16.0. The van der Waals surface area contributed by atoms with E-state index in [2.05, 4.69) is 69.3 Å². The van der Waals surface area contributed by atoms with Crippen LogP contribution in [0.2, 0.25) is 5.02 Å². The summed E-state index contributed by atoms with van der Waals surface area (Å²) in [6.07, 6.45) is 1.35. The number of hydrogen-bond donors (Lipinski definition) is 3. The van der Waals surface area contributed by atoms with Crippen LogP contribution in [0.5, 0.6) is 5.75 Å². The largest absolute Gasteiger partial charge is 0.471 e. The number of oxazole rings is 1. The molecule has 2 aliphatic rings. The van der Waals surface area contributed by atoms with Gasteiger partial charge in [-0.15, -0.1) is 0 Å². The summed E-state index contributed by atoms with van der Waals surface area (Å²) in [5.74, 6) is -0.0733. The molecule has 3 atom stereocenters. The first-order chi connectivity index (χ1) is 22.2. The Kier molecular flexibility index (Phi) is 7.37. The molecule has 1 amide bonds. The molecule has 0 spiro atoms. The maximum atomic E-state index is 14.3. The average Bonchev–Trinajstić information content (AvgIpc) is 3.42. The molecule has 3 heterocycles. The van der Waals surface area contributed by atoms with E-state index < -0.39 is 17.6 Å². The molecule has 3 unspecified atom stereocenters. The van der Waals surface area contributed by atoms with Crippen LogP contribution in [0.15, 0.2) is 77.3 Å². The number of aliphatic hydroxyl groups is 1. The smallest absolute Gasteiger partial charge is 0.300 e. The van der Waals surface area contributed by atoms with Gasteiger partial charge in [-0.05, 0) is 76.3 Å². The molecule has 2 aromatic heterocycles. The van der Waals surface area contributed by atoms with E-state index in [1.54, 1.807) is 30.5 Å². The SMILES string of the molecule is CC(C)(C)c1cc(C(C)(C)C)c2oc(Nc3cc(Cl)cc4c3OC3(C(=O)Nc5ccccn5)C(Cc5ccccc5C3O)C4)nc2c1. The summed E-state index contributed by atoms with van der Waals surface area (Å²) < 4.78 is 13.2. The molecular formula is C38H39ClN4O4. The fraction of sp³-hybridized carbons (Fsp3) is 0.342. The normalized spacial score (nSPS) is 20.5. The summed E-state index contributed by atoms with van der Waals surface area (Å²) in [4.78, 5) is 23.5. The molecule has 242 valence electrons. The third-order valence-corrected chi connectivity index (χ3v) is 9.58. The number of rotatable bonds is 4. The highest BCUT2D eigenvalue weighted by Crippen LogP contribution is 2.53. The molecule has 0 saturated carbocycles. The number of amides is 1. The van der Waals surface area contributed by atoms with Crippen molar-refractivity contribution in [1.82, 2.24) is 9.97 Å². The van der Waals surface area contributed by atoms with E-state index in [0.717, 1.165) is 27.8 Å². The van der Waals surface area contributed by atoms with Crippen LogP contribution in [0.4, 0.5) is 17.5 Å². The number of ether oxygens (including phenoxy) is 1. The monoisotopic (exact) mass is 650 g/mol. The Morgan fingerprint density at radius 1 is 0.957 bits per heavy atom. The third kappa shape index (κ3) is 5.43. The number of anilines is 3. The number of nitrogens with one attached hydrogen (secondary N) is 2. The Morgan fingerprint density at radius 2 is 1.70 bits per heavy atom. The lowest BCUT2D eigenvalue weighted by molar-refractivity contribution is -0.157. The minimum absolute atomic E-state index is 0.0826. The Bertz CT molecular complexity index is 2010. The minimum Gasteiger partial charge on any atom is -0.471 e. The van der Waals surface area contributed by atoms with Crippen LogP contribution >= 0.6 is 11.6 Å². The van der Waals surface area contributed by atoms with Crippen molar-refractivity contribution < 1.29 is 19.1 Å². The number of nitrogens with zero attached hydrogens (tertiary/aromatic N) is 2. The van der Waals surface area contributed by atoms with Crippen LogP contribution in [0.3, 0.4) is 0 Å². The standard InChI is InChI=1S/C38H39ClN4O4/c1-36(2,3)23-18-27(37(4,5)6)32-28(19-23)41-35(46-32)42-29-20-25(39)17-22-16-24-15-21-11-7-8-12-26(21)33(44)38(24,47-31(22)29)34(45)43-30-13-9-10-14-40-30/h7-14,17-20,24,33,44H,15-16H2,1-6H3,(H,41,42)(H,40,43,45). The van der Waals surface area contributed by atoms with Gasteiger partial charge in [0, 0.05) is 22.7 Å². The molecule has 47 heavy (non-hydrogen) atoms. The molecule has 0 bridgehead atoms. The van der Waals surface area contributed by atoms with Crippen molar-refractivity contribution in [2.75, 3.05) is 10.6 Å². The summed E-state index contributed by atoms with van der Waals surface area (Å²) in [5.41, 5.74) is 4.70. The fourth-order valence-electron chi connectivity index (χ4n) is 6.87. The van der Waals surface area contributed by atoms with Crippen LogP contribution in [-0.4, -0.2) is 26.6 Å². The Balaban J connectivity index is 1.33. The zero-order chi connectivity index (χ0) is 33.3. The van der Waals surface area contributed by atoms with E-state index >= 15 is 0 Å². The van der Waals surface area contributed by atoms with Crippen molar-refractivity contribution in [3.8, 4) is 5.75 Å². The van der Waals surface area contributed by atoms with Crippen molar-refractivity contribution in [1.29, 1.82) is 0 Å². The number of aromatic nitrogens is 2. The van der Waals surface area contributed by atoms with Crippen LogP contribution in [0.25, 0.3) is 11.1 Å². The molecule has 0 saturated heterocycles. The van der Waals surface area contributed by atoms with Crippen molar-refractivity contribution in [2.45, 2.75) is 76.9 Å². The molecule has 9 heteroatoms. The number of carbonyl (C=O) groups is 1. The molecule has 5 aromatic rings. The molecule has 7 rings (SSSR count). The molecule has 1 aliphatic heterocycles. The summed E-state index contributed by atoms with van der Waals surface area (Å²) in [6.45, 7) is 13.0. The van der Waals surface area contributed by atoms with E-state index in [-0.39, 0.29) is 22.8 Å². The number of aliphatic hydroxyl groups excluding tert-OH is 1. The van der Waals surface area contributed by atoms with Crippen LogP contribution in [0.1, 0.15) is 75.5 Å². The first-order valence-corrected chi connectivity index (χ1v) is 16.3. The van der Waals surface area contributed by atoms with Crippen LogP contribution < -0.4 is 15.4 Å². The molecule has 0 fully saturated rings. The third-order valence-electron chi connectivity index (χ3n) is 9.36. The number of halogens is 1. The maximum absolute atomic E-state index is 14.3. The predicted molar refractivity (Wildman–Crippen MR) is 185 cm³/mol. The van der Waals surface area contributed by atoms with Gasteiger partial charge >= 0.3 is 0 Å². The second kappa shape index (κ2) is 11.1. The molecular weight excluding hydrogens is 612 g/mol. The highest BCUT2D eigenvalue weighted by atomic mass is 35.5. The molecule has 8 nitrogen and oxygen atoms in total. The lowest BCUT2D eigenvalue weighted by Crippen LogP contribution is -2.62. The molecule has 3 aromatic carbocycles. The van der Waals surface area contributed by atoms with E-state index in [1.165, 1.54) is 0 Å². The van der Waals surface area contributed by atoms with Gasteiger partial charge in [0.05, 0.1) is 5.69 Å². The van der Waals surface area contributed by atoms with Crippen molar-refractivity contribution in [3.63, 3.8) is 0 Å². The molecule has 1 aliphatic carbocycles. The van der Waals surface area contributed by atoms with Gasteiger partial charge in [0.15, 0.2) is 5.58 Å². The predicted octanol–water partition coefficient (Wildman–Crippen LogP) is 8.43. The summed E-state index contributed by atoms with van der Waals surface area (Å²) in [7, 11) is 0. The fourth-order valence-corrected chi connectivity index (χ4v) is 7.11. The second-order valence-electron chi connectivity index (χ2n) is 14.7. The zero-order valence-corrected chi connectivity index (χ0v) is 28.2. The topological polar surface area (TPSA) is 110 Å². The zero-order valence-electron chi connectivity index (χ0n) is 27.4.